The molecule has 6 nitrogen and oxygen atoms in total. The van der Waals surface area contributed by atoms with Gasteiger partial charge in [0.1, 0.15) is 18.4 Å². The molecule has 0 bridgehead atoms. The van der Waals surface area contributed by atoms with E-state index in [1.807, 2.05) is 0 Å². The van der Waals surface area contributed by atoms with Gasteiger partial charge in [0.05, 0.1) is 33.9 Å². The van der Waals surface area contributed by atoms with Crippen molar-refractivity contribution >= 4 is 33.3 Å². The van der Waals surface area contributed by atoms with Crippen molar-refractivity contribution in [2.24, 2.45) is 5.16 Å². The summed E-state index contributed by atoms with van der Waals surface area (Å²) in [6, 6.07) is 4.57. The first-order chi connectivity index (χ1) is 15.2. The second-order valence-corrected chi connectivity index (χ2v) is 9.24. The number of aliphatic hydroxyl groups is 1. The fourth-order valence-corrected chi connectivity index (χ4v) is 5.08. The minimum absolute atomic E-state index is 0.0638. The molecule has 2 aliphatic heterocycles. The number of thiophene rings is 1. The van der Waals surface area contributed by atoms with Crippen LogP contribution in [0.4, 0.5) is 23.2 Å². The Balaban J connectivity index is 1.58. The lowest BCUT2D eigenvalue weighted by molar-refractivity contribution is -0.126. The standard InChI is InChI=1S/C21H25F4N3O3S/c22-15-9-26-10-17(15)28-16-3-1-2-13-14(8-21(23,24)25)18(32-19(13)16)11-27-31-12-20(29)4-6-30-7-5-20/h1-3,11,15,17,26,28-29H,4-10,12H2/b27-11+/t15-,17+/m0/s1. The van der Waals surface area contributed by atoms with Gasteiger partial charge in [0.25, 0.3) is 0 Å². The minimum Gasteiger partial charge on any atom is -0.393 e. The molecule has 3 heterocycles. The lowest BCUT2D eigenvalue weighted by atomic mass is 9.96. The Morgan fingerprint density at radius 3 is 2.78 bits per heavy atom. The fraction of sp³-hybridized carbons (Fsp3) is 0.571. The third-order valence-electron chi connectivity index (χ3n) is 5.71. The Bertz CT molecular complexity index is 960. The van der Waals surface area contributed by atoms with Crippen LogP contribution in [0.2, 0.25) is 0 Å². The highest BCUT2D eigenvalue weighted by Gasteiger charge is 2.33. The Kier molecular flexibility index (Phi) is 6.89. The molecule has 176 valence electrons. The van der Waals surface area contributed by atoms with Crippen molar-refractivity contribution in [2.45, 2.75) is 43.3 Å². The topological polar surface area (TPSA) is 75.1 Å². The van der Waals surface area contributed by atoms with E-state index in [-0.39, 0.29) is 18.7 Å². The van der Waals surface area contributed by atoms with Crippen LogP contribution < -0.4 is 10.6 Å². The molecule has 3 N–H and O–H groups in total. The number of nitrogens with zero attached hydrogens (tertiary/aromatic N) is 1. The number of alkyl halides is 4. The van der Waals surface area contributed by atoms with Crippen molar-refractivity contribution in [1.82, 2.24) is 5.32 Å². The number of fused-ring (bicyclic) bond motifs is 1. The number of benzene rings is 1. The summed E-state index contributed by atoms with van der Waals surface area (Å²) in [5.41, 5.74) is -0.371. The van der Waals surface area contributed by atoms with Gasteiger partial charge >= 0.3 is 6.18 Å². The molecule has 0 amide bonds. The molecular formula is C21H25F4N3O3S. The van der Waals surface area contributed by atoms with Gasteiger partial charge in [0.15, 0.2) is 0 Å². The van der Waals surface area contributed by atoms with Crippen molar-refractivity contribution in [3.8, 4) is 0 Å². The number of hydrogen-bond acceptors (Lipinski definition) is 7. The van der Waals surface area contributed by atoms with Gasteiger partial charge in [-0.1, -0.05) is 17.3 Å². The summed E-state index contributed by atoms with van der Waals surface area (Å²) >= 11 is 1.14. The maximum absolute atomic E-state index is 14.0. The highest BCUT2D eigenvalue weighted by atomic mass is 32.1. The summed E-state index contributed by atoms with van der Waals surface area (Å²) in [6.45, 7) is 1.45. The van der Waals surface area contributed by atoms with Crippen LogP contribution in [0.1, 0.15) is 23.3 Å². The van der Waals surface area contributed by atoms with Crippen LogP contribution in [0.5, 0.6) is 0 Å². The van der Waals surface area contributed by atoms with E-state index in [2.05, 4.69) is 15.8 Å². The Labute approximate surface area is 186 Å². The van der Waals surface area contributed by atoms with Crippen LogP contribution in [-0.2, 0) is 16.0 Å². The summed E-state index contributed by atoms with van der Waals surface area (Å²) < 4.78 is 59.7. The summed E-state index contributed by atoms with van der Waals surface area (Å²) in [7, 11) is 0. The molecule has 0 unspecified atom stereocenters. The summed E-state index contributed by atoms with van der Waals surface area (Å²) in [5, 5.41) is 20.8. The van der Waals surface area contributed by atoms with Gasteiger partial charge in [-0.05, 0) is 17.0 Å². The van der Waals surface area contributed by atoms with Crippen molar-refractivity contribution in [2.75, 3.05) is 38.2 Å². The molecule has 11 heteroatoms. The third-order valence-corrected chi connectivity index (χ3v) is 6.92. The van der Waals surface area contributed by atoms with Crippen LogP contribution in [0.15, 0.2) is 23.4 Å². The first-order valence-electron chi connectivity index (χ1n) is 10.4. The van der Waals surface area contributed by atoms with Gasteiger partial charge in [-0.2, -0.15) is 13.2 Å². The van der Waals surface area contributed by atoms with Crippen molar-refractivity contribution < 1.29 is 32.2 Å². The van der Waals surface area contributed by atoms with Gasteiger partial charge in [-0.3, -0.25) is 0 Å². The van der Waals surface area contributed by atoms with E-state index in [4.69, 9.17) is 9.57 Å². The molecule has 2 aromatic rings. The van der Waals surface area contributed by atoms with E-state index in [0.717, 1.165) is 11.3 Å². The second-order valence-electron chi connectivity index (χ2n) is 8.19. The van der Waals surface area contributed by atoms with E-state index in [1.165, 1.54) is 6.21 Å². The van der Waals surface area contributed by atoms with Crippen molar-refractivity contribution in [3.05, 3.63) is 28.6 Å². The van der Waals surface area contributed by atoms with Crippen LogP contribution >= 0.6 is 11.3 Å². The molecule has 0 aliphatic carbocycles. The smallest absolute Gasteiger partial charge is 0.393 e. The van der Waals surface area contributed by atoms with E-state index in [1.54, 1.807) is 18.2 Å². The molecule has 2 aliphatic rings. The first kappa shape index (κ1) is 23.2. The maximum Gasteiger partial charge on any atom is 0.393 e. The molecule has 2 saturated heterocycles. The number of anilines is 1. The third kappa shape index (κ3) is 5.51. The number of halogens is 4. The predicted octanol–water partition coefficient (Wildman–Crippen LogP) is 3.62. The lowest BCUT2D eigenvalue weighted by Gasteiger charge is -2.30. The Morgan fingerprint density at radius 1 is 1.31 bits per heavy atom. The SMILES string of the molecule is OC1(CO/N=C/c2sc3c(N[C@@H]4CNC[C@@H]4F)cccc3c2CC(F)(F)F)CCOCC1. The number of oxime groups is 1. The quantitative estimate of drug-likeness (QED) is 0.324. The van der Waals surface area contributed by atoms with Crippen LogP contribution in [0.3, 0.4) is 0 Å². The molecule has 0 radical (unpaired) electrons. The molecule has 2 atom stereocenters. The molecule has 4 rings (SSSR count). The highest BCUT2D eigenvalue weighted by molar-refractivity contribution is 7.21. The molecule has 2 fully saturated rings. The van der Waals surface area contributed by atoms with Gasteiger partial charge in [-0.15, -0.1) is 11.3 Å². The number of ether oxygens (including phenoxy) is 1. The Hall–Kier alpha value is -1.95. The summed E-state index contributed by atoms with van der Waals surface area (Å²) in [6.07, 6.45) is -4.53. The maximum atomic E-state index is 14.0. The number of nitrogens with one attached hydrogen (secondary N) is 2. The first-order valence-corrected chi connectivity index (χ1v) is 11.2. The largest absolute Gasteiger partial charge is 0.393 e. The van der Waals surface area contributed by atoms with Crippen molar-refractivity contribution in [3.63, 3.8) is 0 Å². The van der Waals surface area contributed by atoms with Gasteiger partial charge in [-0.25, -0.2) is 4.39 Å². The van der Waals surface area contributed by atoms with E-state index in [9.17, 15) is 22.7 Å². The fourth-order valence-electron chi connectivity index (χ4n) is 3.92. The minimum atomic E-state index is -4.41. The van der Waals surface area contributed by atoms with Gasteiger partial charge in [0, 0.05) is 39.1 Å². The average molecular weight is 476 g/mol. The Morgan fingerprint density at radius 2 is 2.09 bits per heavy atom. The van der Waals surface area contributed by atoms with Crippen LogP contribution in [0, 0.1) is 0 Å². The molecule has 0 spiro atoms. The van der Waals surface area contributed by atoms with E-state index < -0.39 is 30.4 Å². The van der Waals surface area contributed by atoms with Crippen LogP contribution in [0.25, 0.3) is 10.1 Å². The summed E-state index contributed by atoms with van der Waals surface area (Å²) in [4.78, 5) is 5.54. The monoisotopic (exact) mass is 475 g/mol. The average Bonchev–Trinajstić information content (AvgIpc) is 3.29. The number of rotatable bonds is 7. The predicted molar refractivity (Wildman–Crippen MR) is 115 cm³/mol. The van der Waals surface area contributed by atoms with Gasteiger partial charge in [0.2, 0.25) is 0 Å². The molecule has 0 saturated carbocycles. The normalized spacial score (nSPS) is 23.8. The second kappa shape index (κ2) is 9.50. The van der Waals surface area contributed by atoms with Gasteiger partial charge < -0.3 is 25.3 Å². The molecule has 32 heavy (non-hydrogen) atoms. The summed E-state index contributed by atoms with van der Waals surface area (Å²) in [5.74, 6) is 0. The number of hydrogen-bond donors (Lipinski definition) is 3. The lowest BCUT2D eigenvalue weighted by Crippen LogP contribution is -2.40. The zero-order valence-electron chi connectivity index (χ0n) is 17.3. The molecule has 1 aromatic carbocycles. The van der Waals surface area contributed by atoms with Crippen LogP contribution in [-0.4, -0.2) is 68.2 Å². The zero-order chi connectivity index (χ0) is 22.8. The molecular weight excluding hydrogens is 450 g/mol. The molecule has 1 aromatic heterocycles. The van der Waals surface area contributed by atoms with E-state index in [0.29, 0.717) is 53.3 Å². The van der Waals surface area contributed by atoms with Crippen molar-refractivity contribution in [1.29, 1.82) is 0 Å². The highest BCUT2D eigenvalue weighted by Crippen LogP contribution is 2.39. The zero-order valence-corrected chi connectivity index (χ0v) is 18.1. The van der Waals surface area contributed by atoms with E-state index >= 15 is 0 Å².